The first-order chi connectivity index (χ1) is 18.8. The van der Waals surface area contributed by atoms with Crippen LogP contribution < -0.4 is 0 Å². The molecular weight excluding hydrogens is 512 g/mol. The van der Waals surface area contributed by atoms with Gasteiger partial charge < -0.3 is 23.8 Å². The first-order valence-electron chi connectivity index (χ1n) is 14.8. The standard InChI is InChI=1S/C32H50O8/c1-19-9-13-26(23(5)30(36)38-7)27(25(19)14-11-21(3)34)17-40-32(18-33)28(16-12-22(4)35)20(2)10-15-29(32)24(6)31(37)39-8/h17-20,23-26,28-29H,9-16H2,1-8H3/b27-17+/t19-,20-,23+,24?,25+,26+,28+,29+,32-/m1/s1. The number of methoxy groups -OCH3 is 2. The van der Waals surface area contributed by atoms with Crippen LogP contribution in [-0.2, 0) is 38.2 Å². The first-order valence-corrected chi connectivity index (χ1v) is 14.8. The fourth-order valence-corrected chi connectivity index (χ4v) is 7.28. The van der Waals surface area contributed by atoms with E-state index in [0.717, 1.165) is 31.1 Å². The molecule has 0 radical (unpaired) electrons. The topological polar surface area (TPSA) is 113 Å². The van der Waals surface area contributed by atoms with Crippen LogP contribution in [0.2, 0.25) is 0 Å². The number of ether oxygens (including phenoxy) is 3. The van der Waals surface area contributed by atoms with Crippen LogP contribution in [0.25, 0.3) is 0 Å². The summed E-state index contributed by atoms with van der Waals surface area (Å²) in [6.07, 6.45) is 7.36. The maximum atomic E-state index is 13.2. The number of allylic oxidation sites excluding steroid dienone is 1. The molecule has 0 aliphatic heterocycles. The molecule has 8 heteroatoms. The number of Topliss-reactive ketones (excluding diaryl/α,β-unsaturated/α-hetero) is 2. The highest BCUT2D eigenvalue weighted by molar-refractivity contribution is 5.77. The van der Waals surface area contributed by atoms with E-state index >= 15 is 0 Å². The summed E-state index contributed by atoms with van der Waals surface area (Å²) in [6, 6.07) is 0. The third-order valence-corrected chi connectivity index (χ3v) is 9.81. The number of carbonyl (C=O) groups excluding carboxylic acids is 5. The average molecular weight is 563 g/mol. The van der Waals surface area contributed by atoms with Gasteiger partial charge in [-0.25, -0.2) is 0 Å². The van der Waals surface area contributed by atoms with Gasteiger partial charge in [-0.15, -0.1) is 0 Å². The Bertz CT molecular complexity index is 955. The Hall–Kier alpha value is -2.51. The summed E-state index contributed by atoms with van der Waals surface area (Å²) in [5.41, 5.74) is -0.439. The molecule has 40 heavy (non-hydrogen) atoms. The van der Waals surface area contributed by atoms with Crippen molar-refractivity contribution in [2.45, 2.75) is 98.5 Å². The summed E-state index contributed by atoms with van der Waals surface area (Å²) in [6.45, 7) is 10.9. The Morgan fingerprint density at radius 1 is 0.850 bits per heavy atom. The van der Waals surface area contributed by atoms with Gasteiger partial charge in [-0.3, -0.25) is 14.4 Å². The van der Waals surface area contributed by atoms with Crippen LogP contribution in [-0.4, -0.2) is 49.6 Å². The molecule has 0 aromatic carbocycles. The summed E-state index contributed by atoms with van der Waals surface area (Å²) in [5, 5.41) is 0. The number of aldehydes is 1. The monoisotopic (exact) mass is 562 g/mol. The van der Waals surface area contributed by atoms with Crippen molar-refractivity contribution in [1.29, 1.82) is 0 Å². The molecule has 0 heterocycles. The summed E-state index contributed by atoms with van der Waals surface area (Å²) in [7, 11) is 2.71. The van der Waals surface area contributed by atoms with Gasteiger partial charge in [0.15, 0.2) is 11.9 Å². The largest absolute Gasteiger partial charge is 0.487 e. The molecule has 8 nitrogen and oxygen atoms in total. The van der Waals surface area contributed by atoms with E-state index in [9.17, 15) is 24.0 Å². The van der Waals surface area contributed by atoms with Crippen LogP contribution in [0.15, 0.2) is 11.8 Å². The lowest BCUT2D eigenvalue weighted by atomic mass is 9.59. The van der Waals surface area contributed by atoms with Crippen molar-refractivity contribution in [2.75, 3.05) is 14.2 Å². The summed E-state index contributed by atoms with van der Waals surface area (Å²) >= 11 is 0. The minimum atomic E-state index is -1.35. The van der Waals surface area contributed by atoms with Crippen molar-refractivity contribution in [2.24, 2.45) is 47.3 Å². The molecule has 0 aromatic rings. The molecule has 2 fully saturated rings. The molecule has 1 unspecified atom stereocenters. The maximum Gasteiger partial charge on any atom is 0.308 e. The second-order valence-electron chi connectivity index (χ2n) is 12.3. The van der Waals surface area contributed by atoms with Gasteiger partial charge in [-0.2, -0.15) is 0 Å². The Morgan fingerprint density at radius 3 is 1.95 bits per heavy atom. The number of ketones is 2. The molecule has 0 saturated heterocycles. The van der Waals surface area contributed by atoms with E-state index < -0.39 is 29.3 Å². The molecule has 0 N–H and O–H groups in total. The highest BCUT2D eigenvalue weighted by atomic mass is 16.5. The van der Waals surface area contributed by atoms with Gasteiger partial charge in [0.1, 0.15) is 11.6 Å². The summed E-state index contributed by atoms with van der Waals surface area (Å²) in [5.74, 6) is -2.18. The Kier molecular flexibility index (Phi) is 12.6. The molecule has 0 aromatic heterocycles. The zero-order chi connectivity index (χ0) is 30.2. The van der Waals surface area contributed by atoms with Gasteiger partial charge >= 0.3 is 11.9 Å². The van der Waals surface area contributed by atoms with Gasteiger partial charge in [0.2, 0.25) is 0 Å². The first kappa shape index (κ1) is 33.7. The smallest absolute Gasteiger partial charge is 0.308 e. The van der Waals surface area contributed by atoms with Crippen LogP contribution in [0.4, 0.5) is 0 Å². The molecule has 9 atom stereocenters. The van der Waals surface area contributed by atoms with Gasteiger partial charge in [0, 0.05) is 24.7 Å². The minimum absolute atomic E-state index is 0.00776. The third kappa shape index (κ3) is 7.61. The predicted octanol–water partition coefficient (Wildman–Crippen LogP) is 5.51. The van der Waals surface area contributed by atoms with E-state index in [1.165, 1.54) is 21.1 Å². The average Bonchev–Trinajstić information content (AvgIpc) is 2.92. The number of esters is 2. The molecule has 2 saturated carbocycles. The zero-order valence-corrected chi connectivity index (χ0v) is 25.7. The molecule has 226 valence electrons. The normalized spacial score (nSPS) is 33.0. The van der Waals surface area contributed by atoms with Crippen molar-refractivity contribution in [1.82, 2.24) is 0 Å². The molecular formula is C32H50O8. The van der Waals surface area contributed by atoms with Crippen LogP contribution >= 0.6 is 0 Å². The number of hydrogen-bond acceptors (Lipinski definition) is 8. The predicted molar refractivity (Wildman–Crippen MR) is 151 cm³/mol. The SMILES string of the molecule is COC(=O)C(C)[C@@H]1CC[C@@H](C)[C@H](CCC(C)=O)[C@@]1(C=O)O/C=C1\[C@@H](CCC(C)=O)[C@H](C)CC[C@H]1[C@H](C)C(=O)OC. The van der Waals surface area contributed by atoms with E-state index in [1.54, 1.807) is 20.1 Å². The molecule has 2 aliphatic rings. The van der Waals surface area contributed by atoms with Gasteiger partial charge in [-0.05, 0) is 81.6 Å². The van der Waals surface area contributed by atoms with Crippen LogP contribution in [0.1, 0.15) is 92.9 Å². The molecule has 0 spiro atoms. The fourth-order valence-electron chi connectivity index (χ4n) is 7.28. The highest BCUT2D eigenvalue weighted by Gasteiger charge is 2.55. The molecule has 0 amide bonds. The maximum absolute atomic E-state index is 13.2. The second kappa shape index (κ2) is 14.9. The lowest BCUT2D eigenvalue weighted by molar-refractivity contribution is -0.170. The van der Waals surface area contributed by atoms with Gasteiger partial charge in [0.25, 0.3) is 0 Å². The second-order valence-corrected chi connectivity index (χ2v) is 12.3. The molecule has 0 bridgehead atoms. The third-order valence-electron chi connectivity index (χ3n) is 9.81. The van der Waals surface area contributed by atoms with Crippen molar-refractivity contribution in [3.63, 3.8) is 0 Å². The summed E-state index contributed by atoms with van der Waals surface area (Å²) < 4.78 is 16.8. The Labute approximate surface area is 239 Å². The quantitative estimate of drug-likeness (QED) is 0.164. The van der Waals surface area contributed by atoms with E-state index in [1.807, 2.05) is 6.92 Å². The van der Waals surface area contributed by atoms with Crippen LogP contribution in [0.3, 0.4) is 0 Å². The van der Waals surface area contributed by atoms with Crippen molar-refractivity contribution in [3.05, 3.63) is 11.8 Å². The Balaban J connectivity index is 2.67. The number of carbonyl (C=O) groups is 5. The van der Waals surface area contributed by atoms with E-state index in [4.69, 9.17) is 14.2 Å². The van der Waals surface area contributed by atoms with Crippen molar-refractivity contribution >= 4 is 29.8 Å². The molecule has 2 aliphatic carbocycles. The highest BCUT2D eigenvalue weighted by Crippen LogP contribution is 2.50. The van der Waals surface area contributed by atoms with E-state index in [0.29, 0.717) is 32.1 Å². The Morgan fingerprint density at radius 2 is 1.40 bits per heavy atom. The van der Waals surface area contributed by atoms with Crippen molar-refractivity contribution < 1.29 is 38.2 Å². The summed E-state index contributed by atoms with van der Waals surface area (Å²) in [4.78, 5) is 62.5. The van der Waals surface area contributed by atoms with Gasteiger partial charge in [-0.1, -0.05) is 27.7 Å². The lowest BCUT2D eigenvalue weighted by Gasteiger charge is -2.50. The van der Waals surface area contributed by atoms with Crippen LogP contribution in [0, 0.1) is 47.3 Å². The van der Waals surface area contributed by atoms with Gasteiger partial charge in [0.05, 0.1) is 32.3 Å². The minimum Gasteiger partial charge on any atom is -0.487 e. The molecule has 2 rings (SSSR count). The van der Waals surface area contributed by atoms with E-state index in [2.05, 4.69) is 13.8 Å². The number of rotatable bonds is 13. The van der Waals surface area contributed by atoms with Crippen molar-refractivity contribution in [3.8, 4) is 0 Å². The van der Waals surface area contributed by atoms with Crippen LogP contribution in [0.5, 0.6) is 0 Å². The lowest BCUT2D eigenvalue weighted by Crippen LogP contribution is -2.56. The fraction of sp³-hybridized carbons (Fsp3) is 0.781. The van der Waals surface area contributed by atoms with E-state index in [-0.39, 0.29) is 47.1 Å². The zero-order valence-electron chi connectivity index (χ0n) is 25.7. The number of hydrogen-bond donors (Lipinski definition) is 0.